The third-order valence-electron chi connectivity index (χ3n) is 2.39. The first kappa shape index (κ1) is 17.9. The molecule has 124 valence electrons. The van der Waals surface area contributed by atoms with Gasteiger partial charge in [0, 0.05) is 0 Å². The molecule has 0 spiro atoms. The predicted octanol–water partition coefficient (Wildman–Crippen LogP) is 2.42. The van der Waals surface area contributed by atoms with Crippen molar-refractivity contribution in [2.45, 2.75) is 43.7 Å². The molecule has 3 atom stereocenters. The van der Waals surface area contributed by atoms with Crippen LogP contribution in [0.15, 0.2) is 0 Å². The first-order valence-corrected chi connectivity index (χ1v) is 5.32. The number of hydrogen-bond acceptors (Lipinski definition) is 4. The number of halogens is 8. The normalized spacial score (nSPS) is 29.2. The van der Waals surface area contributed by atoms with E-state index in [1.807, 2.05) is 0 Å². The summed E-state index contributed by atoms with van der Waals surface area (Å²) in [5.74, 6) is -7.42. The van der Waals surface area contributed by atoms with Crippen LogP contribution in [-0.4, -0.2) is 49.3 Å². The van der Waals surface area contributed by atoms with Gasteiger partial charge in [-0.3, -0.25) is 4.74 Å². The van der Waals surface area contributed by atoms with Crippen molar-refractivity contribution in [3.05, 3.63) is 0 Å². The minimum atomic E-state index is -5.77. The molecule has 0 saturated carbocycles. The van der Waals surface area contributed by atoms with Gasteiger partial charge in [-0.2, -0.15) is 17.6 Å². The number of ether oxygens (including phenoxy) is 3. The Morgan fingerprint density at radius 1 is 1.29 bits per heavy atom. The summed E-state index contributed by atoms with van der Waals surface area (Å²) in [6.45, 7) is 0.719. The summed E-state index contributed by atoms with van der Waals surface area (Å²) >= 11 is 0. The Bertz CT molecular complexity index is 396. The van der Waals surface area contributed by atoms with Gasteiger partial charge in [0.25, 0.3) is 0 Å². The van der Waals surface area contributed by atoms with E-state index in [4.69, 9.17) is 0 Å². The average molecular weight is 332 g/mol. The van der Waals surface area contributed by atoms with E-state index in [0.717, 1.165) is 0 Å². The van der Waals surface area contributed by atoms with Crippen LogP contribution < -0.4 is 0 Å². The fourth-order valence-electron chi connectivity index (χ4n) is 1.54. The molecular weight excluding hydrogens is 324 g/mol. The van der Waals surface area contributed by atoms with Crippen LogP contribution in [0, 0.1) is 0 Å². The molecule has 0 aliphatic carbocycles. The van der Waals surface area contributed by atoms with E-state index >= 15 is 0 Å². The molecule has 0 amide bonds. The highest BCUT2D eigenvalue weighted by Gasteiger charge is 2.75. The molecule has 1 rings (SSSR count). The van der Waals surface area contributed by atoms with Gasteiger partial charge in [-0.15, -0.1) is 13.2 Å². The summed E-state index contributed by atoms with van der Waals surface area (Å²) in [7, 11) is 0. The number of carbonyl (C=O) groups is 1. The van der Waals surface area contributed by atoms with Gasteiger partial charge in [0.05, 0.1) is 6.61 Å². The zero-order valence-electron chi connectivity index (χ0n) is 10.1. The molecule has 1 heterocycles. The van der Waals surface area contributed by atoms with Crippen molar-refractivity contribution < 1.29 is 54.1 Å². The summed E-state index contributed by atoms with van der Waals surface area (Å²) in [5.41, 5.74) is 0. The van der Waals surface area contributed by atoms with Crippen molar-refractivity contribution in [3.63, 3.8) is 0 Å². The molecule has 0 aromatic rings. The minimum Gasteiger partial charge on any atom is -0.464 e. The number of esters is 1. The standard InChI is InChI=1S/C9H8F8O4/c1-2-19-6(18)3(10)4-5(21-9(15,16)17)7(11,12)8(13,14)20-4/h3-5H,2H2,1H3/t3?,4-,5-/m0/s1. The second kappa shape index (κ2) is 5.55. The first-order valence-electron chi connectivity index (χ1n) is 5.32. The van der Waals surface area contributed by atoms with Crippen molar-refractivity contribution in [2.75, 3.05) is 6.61 Å². The van der Waals surface area contributed by atoms with Gasteiger partial charge < -0.3 is 9.47 Å². The van der Waals surface area contributed by atoms with E-state index in [1.165, 1.54) is 6.92 Å². The lowest BCUT2D eigenvalue weighted by Crippen LogP contribution is -2.50. The molecule has 12 heteroatoms. The van der Waals surface area contributed by atoms with Gasteiger partial charge >= 0.3 is 24.4 Å². The molecule has 0 aromatic heterocycles. The Morgan fingerprint density at radius 2 is 1.81 bits per heavy atom. The molecule has 1 saturated heterocycles. The lowest BCUT2D eigenvalue weighted by atomic mass is 10.1. The highest BCUT2D eigenvalue weighted by Crippen LogP contribution is 2.50. The fraction of sp³-hybridized carbons (Fsp3) is 0.889. The van der Waals surface area contributed by atoms with Crippen LogP contribution in [0.25, 0.3) is 0 Å². The third-order valence-corrected chi connectivity index (χ3v) is 2.39. The van der Waals surface area contributed by atoms with E-state index in [1.54, 1.807) is 0 Å². The topological polar surface area (TPSA) is 44.8 Å². The summed E-state index contributed by atoms with van der Waals surface area (Å²) in [4.78, 5) is 11.0. The quantitative estimate of drug-likeness (QED) is 0.586. The van der Waals surface area contributed by atoms with E-state index in [-0.39, 0.29) is 0 Å². The summed E-state index contributed by atoms with van der Waals surface area (Å²) in [6, 6.07) is 0. The zero-order valence-corrected chi connectivity index (χ0v) is 10.1. The average Bonchev–Trinajstić information content (AvgIpc) is 2.47. The lowest BCUT2D eigenvalue weighted by molar-refractivity contribution is -0.375. The highest BCUT2D eigenvalue weighted by molar-refractivity contribution is 5.75. The molecule has 0 aromatic carbocycles. The maximum Gasteiger partial charge on any atom is 0.523 e. The van der Waals surface area contributed by atoms with Gasteiger partial charge in [-0.1, -0.05) is 0 Å². The Labute approximate surface area is 111 Å². The molecule has 0 N–H and O–H groups in total. The summed E-state index contributed by atoms with van der Waals surface area (Å²) in [5, 5.41) is 0. The molecule has 1 aliphatic rings. The van der Waals surface area contributed by atoms with Gasteiger partial charge in [0.1, 0.15) is 6.10 Å². The Kier molecular flexibility index (Phi) is 4.73. The Hall–Kier alpha value is -1.17. The first-order chi connectivity index (χ1) is 9.33. The smallest absolute Gasteiger partial charge is 0.464 e. The van der Waals surface area contributed by atoms with Crippen LogP contribution in [-0.2, 0) is 19.0 Å². The maximum absolute atomic E-state index is 13.5. The van der Waals surface area contributed by atoms with E-state index in [9.17, 15) is 39.9 Å². The van der Waals surface area contributed by atoms with Crippen LogP contribution >= 0.6 is 0 Å². The molecule has 4 nitrogen and oxygen atoms in total. The molecule has 0 radical (unpaired) electrons. The summed E-state index contributed by atoms with van der Waals surface area (Å²) in [6.07, 6.45) is -21.5. The van der Waals surface area contributed by atoms with Crippen molar-refractivity contribution in [1.82, 2.24) is 0 Å². The SMILES string of the molecule is CCOC(=O)C(F)[C@@H]1OC(F)(F)C(F)(F)[C@H]1OC(F)(F)F. The molecule has 1 unspecified atom stereocenters. The van der Waals surface area contributed by atoms with Crippen LogP contribution in [0.4, 0.5) is 35.1 Å². The fourth-order valence-corrected chi connectivity index (χ4v) is 1.54. The predicted molar refractivity (Wildman–Crippen MR) is 47.2 cm³/mol. The molecule has 21 heavy (non-hydrogen) atoms. The largest absolute Gasteiger partial charge is 0.523 e. The third kappa shape index (κ3) is 3.54. The molecule has 1 fully saturated rings. The Morgan fingerprint density at radius 3 is 2.24 bits per heavy atom. The van der Waals surface area contributed by atoms with Gasteiger partial charge in [0.15, 0.2) is 6.10 Å². The second-order valence-corrected chi connectivity index (χ2v) is 3.86. The Balaban J connectivity index is 3.08. The van der Waals surface area contributed by atoms with Crippen LogP contribution in [0.5, 0.6) is 0 Å². The molecular formula is C9H8F8O4. The monoisotopic (exact) mass is 332 g/mol. The lowest BCUT2D eigenvalue weighted by Gasteiger charge is -2.24. The van der Waals surface area contributed by atoms with Crippen LogP contribution in [0.1, 0.15) is 6.92 Å². The number of carbonyl (C=O) groups excluding carboxylic acids is 1. The van der Waals surface area contributed by atoms with Gasteiger partial charge in [-0.05, 0) is 6.92 Å². The van der Waals surface area contributed by atoms with Crippen molar-refractivity contribution in [2.24, 2.45) is 0 Å². The van der Waals surface area contributed by atoms with Crippen LogP contribution in [0.2, 0.25) is 0 Å². The van der Waals surface area contributed by atoms with Crippen LogP contribution in [0.3, 0.4) is 0 Å². The molecule has 0 bridgehead atoms. The van der Waals surface area contributed by atoms with Crippen molar-refractivity contribution >= 4 is 5.97 Å². The van der Waals surface area contributed by atoms with Crippen molar-refractivity contribution in [3.8, 4) is 0 Å². The van der Waals surface area contributed by atoms with E-state index in [0.29, 0.717) is 0 Å². The molecule has 1 aliphatic heterocycles. The number of alkyl halides is 8. The highest BCUT2D eigenvalue weighted by atomic mass is 19.4. The van der Waals surface area contributed by atoms with Gasteiger partial charge in [0.2, 0.25) is 6.17 Å². The maximum atomic E-state index is 13.5. The van der Waals surface area contributed by atoms with E-state index in [2.05, 4.69) is 14.2 Å². The number of rotatable bonds is 4. The minimum absolute atomic E-state index is 0.455. The summed E-state index contributed by atoms with van der Waals surface area (Å²) < 4.78 is 112. The second-order valence-electron chi connectivity index (χ2n) is 3.86. The van der Waals surface area contributed by atoms with Crippen molar-refractivity contribution in [1.29, 1.82) is 0 Å². The zero-order chi connectivity index (χ0) is 16.6. The van der Waals surface area contributed by atoms with E-state index < -0.39 is 49.3 Å². The van der Waals surface area contributed by atoms with Gasteiger partial charge in [-0.25, -0.2) is 9.18 Å². The number of hydrogen-bond donors (Lipinski definition) is 0.